The molecule has 1 aromatic rings. The van der Waals surface area contributed by atoms with Gasteiger partial charge in [0.05, 0.1) is 18.3 Å². The number of benzene rings is 1. The van der Waals surface area contributed by atoms with Gasteiger partial charge in [0.15, 0.2) is 0 Å². The summed E-state index contributed by atoms with van der Waals surface area (Å²) in [6.07, 6.45) is 4.11. The predicted octanol–water partition coefficient (Wildman–Crippen LogP) is 1.73. The van der Waals surface area contributed by atoms with Crippen LogP contribution in [0.5, 0.6) is 0 Å². The minimum atomic E-state index is -3.51. The molecule has 1 saturated heterocycles. The lowest BCUT2D eigenvalue weighted by atomic mass is 10.1. The van der Waals surface area contributed by atoms with Gasteiger partial charge in [-0.3, -0.25) is 0 Å². The van der Waals surface area contributed by atoms with E-state index in [0.29, 0.717) is 17.1 Å². The van der Waals surface area contributed by atoms with E-state index in [9.17, 15) is 13.5 Å². The Labute approximate surface area is 127 Å². The van der Waals surface area contributed by atoms with E-state index < -0.39 is 10.0 Å². The Bertz CT molecular complexity index is 560. The van der Waals surface area contributed by atoms with Crippen molar-refractivity contribution in [3.05, 3.63) is 24.3 Å². The van der Waals surface area contributed by atoms with Gasteiger partial charge in [0, 0.05) is 13.1 Å². The van der Waals surface area contributed by atoms with Gasteiger partial charge in [0.25, 0.3) is 0 Å². The summed E-state index contributed by atoms with van der Waals surface area (Å²) in [5.74, 6) is 0. The van der Waals surface area contributed by atoms with Gasteiger partial charge in [-0.05, 0) is 25.0 Å². The van der Waals surface area contributed by atoms with Crippen LogP contribution in [0.15, 0.2) is 29.2 Å². The molecule has 0 aromatic heterocycles. The molecule has 0 amide bonds. The van der Waals surface area contributed by atoms with Crippen LogP contribution in [0.1, 0.15) is 32.6 Å². The number of hydrogen-bond donors (Lipinski definition) is 2. The standard InChI is InChI=1S/C15H24N2O3S/c1-2-16-21(19,20)15-10-6-5-9-14(15)17-11-7-3-4-8-13(17)12-18/h5-6,9-10,13,16,18H,2-4,7-8,11-12H2,1H3. The largest absolute Gasteiger partial charge is 0.394 e. The average Bonchev–Trinajstić information content (AvgIpc) is 2.72. The van der Waals surface area contributed by atoms with Crippen LogP contribution < -0.4 is 9.62 Å². The van der Waals surface area contributed by atoms with Crippen molar-refractivity contribution in [2.24, 2.45) is 0 Å². The van der Waals surface area contributed by atoms with Crippen LogP contribution in [0, 0.1) is 0 Å². The lowest BCUT2D eigenvalue weighted by molar-refractivity contribution is 0.254. The third-order valence-electron chi connectivity index (χ3n) is 3.89. The Hall–Kier alpha value is -1.11. The van der Waals surface area contributed by atoms with Crippen LogP contribution in [0.2, 0.25) is 0 Å². The number of para-hydroxylation sites is 1. The highest BCUT2D eigenvalue weighted by Crippen LogP contribution is 2.30. The molecule has 0 saturated carbocycles. The molecule has 1 atom stereocenters. The van der Waals surface area contributed by atoms with Crippen LogP contribution in [-0.4, -0.2) is 39.3 Å². The summed E-state index contributed by atoms with van der Waals surface area (Å²) in [6.45, 7) is 2.96. The zero-order chi connectivity index (χ0) is 15.3. The van der Waals surface area contributed by atoms with Gasteiger partial charge >= 0.3 is 0 Å². The van der Waals surface area contributed by atoms with Crippen molar-refractivity contribution in [3.8, 4) is 0 Å². The second-order valence-corrected chi connectivity index (χ2v) is 7.08. The second-order valence-electron chi connectivity index (χ2n) is 5.35. The Kier molecular flexibility index (Phi) is 5.61. The van der Waals surface area contributed by atoms with E-state index in [4.69, 9.17) is 0 Å². The molecular weight excluding hydrogens is 288 g/mol. The van der Waals surface area contributed by atoms with Crippen molar-refractivity contribution in [2.45, 2.75) is 43.5 Å². The first kappa shape index (κ1) is 16.3. The molecule has 1 fully saturated rings. The molecule has 118 valence electrons. The van der Waals surface area contributed by atoms with Crippen molar-refractivity contribution in [1.29, 1.82) is 0 Å². The normalized spacial score (nSPS) is 20.3. The maximum Gasteiger partial charge on any atom is 0.242 e. The number of nitrogens with zero attached hydrogens (tertiary/aromatic N) is 1. The highest BCUT2D eigenvalue weighted by Gasteiger charge is 2.26. The van der Waals surface area contributed by atoms with Gasteiger partial charge < -0.3 is 10.0 Å². The van der Waals surface area contributed by atoms with E-state index in [1.807, 2.05) is 12.1 Å². The molecule has 2 rings (SSSR count). The first-order valence-corrected chi connectivity index (χ1v) is 9.04. The van der Waals surface area contributed by atoms with Gasteiger partial charge in [-0.25, -0.2) is 13.1 Å². The number of aliphatic hydroxyl groups is 1. The van der Waals surface area contributed by atoms with Crippen LogP contribution in [-0.2, 0) is 10.0 Å². The van der Waals surface area contributed by atoms with E-state index in [0.717, 1.165) is 32.2 Å². The third kappa shape index (κ3) is 3.75. The molecule has 1 unspecified atom stereocenters. The summed E-state index contributed by atoms with van der Waals surface area (Å²) in [4.78, 5) is 2.35. The number of rotatable bonds is 5. The fraction of sp³-hybridized carbons (Fsp3) is 0.600. The van der Waals surface area contributed by atoms with E-state index in [1.165, 1.54) is 0 Å². The van der Waals surface area contributed by atoms with Crippen molar-refractivity contribution in [3.63, 3.8) is 0 Å². The first-order valence-electron chi connectivity index (χ1n) is 7.56. The average molecular weight is 312 g/mol. The highest BCUT2D eigenvalue weighted by molar-refractivity contribution is 7.89. The summed E-state index contributed by atoms with van der Waals surface area (Å²) in [6, 6.07) is 7.04. The van der Waals surface area contributed by atoms with Crippen LogP contribution in [0.3, 0.4) is 0 Å². The SMILES string of the molecule is CCNS(=O)(=O)c1ccccc1N1CCCCCC1CO. The maximum absolute atomic E-state index is 12.4. The summed E-state index contributed by atoms with van der Waals surface area (Å²) in [7, 11) is -3.51. The number of nitrogens with one attached hydrogen (secondary N) is 1. The third-order valence-corrected chi connectivity index (χ3v) is 5.48. The van der Waals surface area contributed by atoms with Gasteiger partial charge in [-0.15, -0.1) is 0 Å². The lowest BCUT2D eigenvalue weighted by Crippen LogP contribution is -2.39. The van der Waals surface area contributed by atoms with Crippen molar-refractivity contribution >= 4 is 15.7 Å². The Balaban J connectivity index is 2.43. The number of anilines is 1. The van der Waals surface area contributed by atoms with E-state index in [2.05, 4.69) is 9.62 Å². The summed E-state index contributed by atoms with van der Waals surface area (Å²) >= 11 is 0. The molecule has 21 heavy (non-hydrogen) atoms. The molecule has 0 aliphatic carbocycles. The van der Waals surface area contributed by atoms with Gasteiger partial charge in [-0.1, -0.05) is 31.9 Å². The minimum absolute atomic E-state index is 0.00882. The molecule has 1 aliphatic rings. The van der Waals surface area contributed by atoms with Crippen LogP contribution >= 0.6 is 0 Å². The molecule has 6 heteroatoms. The molecule has 0 radical (unpaired) electrons. The predicted molar refractivity (Wildman–Crippen MR) is 84.0 cm³/mol. The van der Waals surface area contributed by atoms with E-state index >= 15 is 0 Å². The van der Waals surface area contributed by atoms with Gasteiger partial charge in [0.2, 0.25) is 10.0 Å². The van der Waals surface area contributed by atoms with Crippen molar-refractivity contribution < 1.29 is 13.5 Å². The summed E-state index contributed by atoms with van der Waals surface area (Å²) in [5.41, 5.74) is 0.694. The molecule has 1 aliphatic heterocycles. The number of hydrogen-bond acceptors (Lipinski definition) is 4. The van der Waals surface area contributed by atoms with Gasteiger partial charge in [-0.2, -0.15) is 0 Å². The Morgan fingerprint density at radius 3 is 2.76 bits per heavy atom. The first-order chi connectivity index (χ1) is 10.1. The monoisotopic (exact) mass is 312 g/mol. The summed E-state index contributed by atoms with van der Waals surface area (Å²) in [5, 5.41) is 9.64. The highest BCUT2D eigenvalue weighted by atomic mass is 32.2. The fourth-order valence-corrected chi connectivity index (χ4v) is 4.13. The topological polar surface area (TPSA) is 69.6 Å². The maximum atomic E-state index is 12.4. The molecular formula is C15H24N2O3S. The molecule has 0 spiro atoms. The summed E-state index contributed by atoms with van der Waals surface area (Å²) < 4.78 is 27.3. The fourth-order valence-electron chi connectivity index (χ4n) is 2.87. The zero-order valence-electron chi connectivity index (χ0n) is 12.5. The molecule has 1 aromatic carbocycles. The molecule has 1 heterocycles. The number of aliphatic hydroxyl groups excluding tert-OH is 1. The second kappa shape index (κ2) is 7.24. The van der Waals surface area contributed by atoms with Crippen LogP contribution in [0.25, 0.3) is 0 Å². The molecule has 5 nitrogen and oxygen atoms in total. The van der Waals surface area contributed by atoms with Gasteiger partial charge in [0.1, 0.15) is 4.90 Å². The zero-order valence-corrected chi connectivity index (χ0v) is 13.3. The van der Waals surface area contributed by atoms with Crippen molar-refractivity contribution in [2.75, 3.05) is 24.6 Å². The Morgan fingerprint density at radius 1 is 1.29 bits per heavy atom. The van der Waals surface area contributed by atoms with Crippen LogP contribution in [0.4, 0.5) is 5.69 Å². The van der Waals surface area contributed by atoms with E-state index in [-0.39, 0.29) is 12.6 Å². The lowest BCUT2D eigenvalue weighted by Gasteiger charge is -2.32. The quantitative estimate of drug-likeness (QED) is 0.869. The van der Waals surface area contributed by atoms with E-state index in [1.54, 1.807) is 19.1 Å². The smallest absolute Gasteiger partial charge is 0.242 e. The minimum Gasteiger partial charge on any atom is -0.394 e. The van der Waals surface area contributed by atoms with Crippen molar-refractivity contribution in [1.82, 2.24) is 4.72 Å². The Morgan fingerprint density at radius 2 is 2.05 bits per heavy atom. The molecule has 2 N–H and O–H groups in total. The number of sulfonamides is 1. The molecule has 0 bridgehead atoms.